The second-order valence-corrected chi connectivity index (χ2v) is 5.88. The number of amides is 2. The molecule has 120 valence electrons. The van der Waals surface area contributed by atoms with Crippen molar-refractivity contribution in [3.8, 4) is 0 Å². The second-order valence-electron chi connectivity index (χ2n) is 5.88. The number of rotatable bonds is 4. The minimum absolute atomic E-state index is 0. The van der Waals surface area contributed by atoms with E-state index < -0.39 is 0 Å². The molecule has 2 amide bonds. The first-order valence-electron chi connectivity index (χ1n) is 7.65. The Hall–Kier alpha value is -1.59. The van der Waals surface area contributed by atoms with Crippen LogP contribution in [-0.4, -0.2) is 24.9 Å². The topological polar surface area (TPSA) is 70.2 Å². The molecule has 1 atom stereocenters. The van der Waals surface area contributed by atoms with Crippen LogP contribution in [-0.2, 0) is 9.59 Å². The van der Waals surface area contributed by atoms with E-state index in [4.69, 9.17) is 0 Å². The van der Waals surface area contributed by atoms with Gasteiger partial charge in [-0.3, -0.25) is 9.59 Å². The summed E-state index contributed by atoms with van der Waals surface area (Å²) < 4.78 is 0. The molecule has 0 bridgehead atoms. The van der Waals surface area contributed by atoms with Crippen LogP contribution in [0.25, 0.3) is 0 Å². The molecular formula is C16H22ClN3O2. The largest absolute Gasteiger partial charge is 0.326 e. The van der Waals surface area contributed by atoms with E-state index in [2.05, 4.69) is 16.0 Å². The summed E-state index contributed by atoms with van der Waals surface area (Å²) in [5.74, 6) is 0.336. The number of hydrogen-bond donors (Lipinski definition) is 3. The maximum absolute atomic E-state index is 12.2. The first kappa shape index (κ1) is 16.8. The predicted octanol–water partition coefficient (Wildman–Crippen LogP) is 2.40. The van der Waals surface area contributed by atoms with Crippen LogP contribution in [0.1, 0.15) is 25.7 Å². The molecule has 5 nitrogen and oxygen atoms in total. The lowest BCUT2D eigenvalue weighted by atomic mass is 9.99. The van der Waals surface area contributed by atoms with Crippen molar-refractivity contribution in [1.29, 1.82) is 0 Å². The Bertz CT molecular complexity index is 540. The van der Waals surface area contributed by atoms with Crippen molar-refractivity contribution in [2.24, 2.45) is 11.8 Å². The summed E-state index contributed by atoms with van der Waals surface area (Å²) >= 11 is 0. The normalized spacial score (nSPS) is 20.6. The van der Waals surface area contributed by atoms with Gasteiger partial charge in [0.05, 0.1) is 5.92 Å². The fraction of sp³-hybridized carbons (Fsp3) is 0.500. The highest BCUT2D eigenvalue weighted by atomic mass is 35.5. The molecule has 3 N–H and O–H groups in total. The Kier molecular flexibility index (Phi) is 5.80. The minimum Gasteiger partial charge on any atom is -0.326 e. The molecule has 6 heteroatoms. The number of halogens is 1. The molecule has 1 aromatic carbocycles. The van der Waals surface area contributed by atoms with Crippen LogP contribution in [0, 0.1) is 11.8 Å². The Morgan fingerprint density at radius 2 is 1.64 bits per heavy atom. The van der Waals surface area contributed by atoms with Crippen molar-refractivity contribution >= 4 is 35.6 Å². The number of hydrogen-bond acceptors (Lipinski definition) is 3. The van der Waals surface area contributed by atoms with Crippen LogP contribution in [0.4, 0.5) is 11.4 Å². The van der Waals surface area contributed by atoms with Crippen LogP contribution in [0.5, 0.6) is 0 Å². The van der Waals surface area contributed by atoms with E-state index in [1.54, 1.807) is 0 Å². The van der Waals surface area contributed by atoms with Crippen molar-refractivity contribution in [3.63, 3.8) is 0 Å². The van der Waals surface area contributed by atoms with Gasteiger partial charge in [0.25, 0.3) is 0 Å². The molecule has 1 saturated carbocycles. The van der Waals surface area contributed by atoms with E-state index in [-0.39, 0.29) is 36.1 Å². The second kappa shape index (κ2) is 7.61. The maximum atomic E-state index is 12.2. The lowest BCUT2D eigenvalue weighted by molar-refractivity contribution is -0.120. The number of carbonyl (C=O) groups excluding carboxylic acids is 2. The third-order valence-corrected chi connectivity index (χ3v) is 4.01. The summed E-state index contributed by atoms with van der Waals surface area (Å²) in [6, 6.07) is 7.35. The molecule has 0 spiro atoms. The number of benzene rings is 1. The summed E-state index contributed by atoms with van der Waals surface area (Å²) in [5.41, 5.74) is 1.48. The zero-order chi connectivity index (χ0) is 14.7. The summed E-state index contributed by atoms with van der Waals surface area (Å²) in [5, 5.41) is 9.07. The summed E-state index contributed by atoms with van der Waals surface area (Å²) in [6.45, 7) is 1.73. The number of anilines is 2. The van der Waals surface area contributed by atoms with Gasteiger partial charge in [0.2, 0.25) is 11.8 Å². The standard InChI is InChI=1S/C16H21N3O2.ClH/c20-15(11-6-7-11)18-13-4-1-5-14(9-13)19-16(21)12-3-2-8-17-10-12;/h1,4-5,9,11-12,17H,2-3,6-8,10H2,(H,18,20)(H,19,21);1H. The molecule has 1 unspecified atom stereocenters. The van der Waals surface area contributed by atoms with Crippen molar-refractivity contribution in [2.75, 3.05) is 23.7 Å². The quantitative estimate of drug-likeness (QED) is 0.797. The first-order chi connectivity index (χ1) is 10.2. The van der Waals surface area contributed by atoms with Gasteiger partial charge in [-0.25, -0.2) is 0 Å². The van der Waals surface area contributed by atoms with Gasteiger partial charge < -0.3 is 16.0 Å². The van der Waals surface area contributed by atoms with Gasteiger partial charge in [-0.2, -0.15) is 0 Å². The fourth-order valence-electron chi connectivity index (χ4n) is 2.58. The van der Waals surface area contributed by atoms with Crippen molar-refractivity contribution < 1.29 is 9.59 Å². The van der Waals surface area contributed by atoms with Gasteiger partial charge in [0.15, 0.2) is 0 Å². The number of carbonyl (C=O) groups is 2. The third-order valence-electron chi connectivity index (χ3n) is 4.01. The molecule has 1 aromatic rings. The third kappa shape index (κ3) is 4.45. The smallest absolute Gasteiger partial charge is 0.228 e. The molecule has 1 aliphatic heterocycles. The van der Waals surface area contributed by atoms with Gasteiger partial charge in [0, 0.05) is 23.8 Å². The number of nitrogens with one attached hydrogen (secondary N) is 3. The Balaban J connectivity index is 0.00000176. The Morgan fingerprint density at radius 3 is 2.18 bits per heavy atom. The highest BCUT2D eigenvalue weighted by Crippen LogP contribution is 2.30. The molecule has 3 rings (SSSR count). The van der Waals surface area contributed by atoms with Gasteiger partial charge in [-0.1, -0.05) is 6.07 Å². The summed E-state index contributed by atoms with van der Waals surface area (Å²) in [6.07, 6.45) is 3.93. The molecule has 2 fully saturated rings. The number of piperidine rings is 1. The highest BCUT2D eigenvalue weighted by molar-refractivity contribution is 5.96. The van der Waals surface area contributed by atoms with Gasteiger partial charge >= 0.3 is 0 Å². The van der Waals surface area contributed by atoms with Crippen LogP contribution < -0.4 is 16.0 Å². The molecule has 1 heterocycles. The summed E-state index contributed by atoms with van der Waals surface area (Å²) in [4.78, 5) is 23.9. The highest BCUT2D eigenvalue weighted by Gasteiger charge is 2.29. The molecule has 2 aliphatic rings. The average molecular weight is 324 g/mol. The van der Waals surface area contributed by atoms with E-state index in [9.17, 15) is 9.59 Å². The molecule has 22 heavy (non-hydrogen) atoms. The van der Waals surface area contributed by atoms with E-state index >= 15 is 0 Å². The van der Waals surface area contributed by atoms with Crippen molar-refractivity contribution in [1.82, 2.24) is 5.32 Å². The minimum atomic E-state index is 0. The summed E-state index contributed by atoms with van der Waals surface area (Å²) in [7, 11) is 0. The maximum Gasteiger partial charge on any atom is 0.228 e. The molecular weight excluding hydrogens is 302 g/mol. The fourth-order valence-corrected chi connectivity index (χ4v) is 2.58. The van der Waals surface area contributed by atoms with E-state index in [0.717, 1.165) is 50.1 Å². The molecule has 1 aliphatic carbocycles. The lowest BCUT2D eigenvalue weighted by Gasteiger charge is -2.22. The van der Waals surface area contributed by atoms with E-state index in [1.807, 2.05) is 24.3 Å². The van der Waals surface area contributed by atoms with Crippen LogP contribution >= 0.6 is 12.4 Å². The van der Waals surface area contributed by atoms with Crippen molar-refractivity contribution in [3.05, 3.63) is 24.3 Å². The van der Waals surface area contributed by atoms with Gasteiger partial charge in [-0.05, 0) is 50.4 Å². The first-order valence-corrected chi connectivity index (χ1v) is 7.65. The van der Waals surface area contributed by atoms with Crippen molar-refractivity contribution in [2.45, 2.75) is 25.7 Å². The molecule has 1 saturated heterocycles. The predicted molar refractivity (Wildman–Crippen MR) is 89.3 cm³/mol. The van der Waals surface area contributed by atoms with Crippen LogP contribution in [0.2, 0.25) is 0 Å². The van der Waals surface area contributed by atoms with Crippen LogP contribution in [0.3, 0.4) is 0 Å². The van der Waals surface area contributed by atoms with E-state index in [0.29, 0.717) is 0 Å². The van der Waals surface area contributed by atoms with Crippen LogP contribution in [0.15, 0.2) is 24.3 Å². The average Bonchev–Trinajstić information content (AvgIpc) is 3.33. The molecule has 0 aromatic heterocycles. The zero-order valence-electron chi connectivity index (χ0n) is 12.4. The molecule has 0 radical (unpaired) electrons. The Morgan fingerprint density at radius 1 is 1.00 bits per heavy atom. The van der Waals surface area contributed by atoms with Gasteiger partial charge in [-0.15, -0.1) is 12.4 Å². The lowest BCUT2D eigenvalue weighted by Crippen LogP contribution is -2.37. The van der Waals surface area contributed by atoms with Gasteiger partial charge in [0.1, 0.15) is 0 Å². The zero-order valence-corrected chi connectivity index (χ0v) is 13.2. The Labute approximate surface area is 136 Å². The van der Waals surface area contributed by atoms with E-state index in [1.165, 1.54) is 0 Å². The SMILES string of the molecule is Cl.O=C(Nc1cccc(NC(=O)C2CCCNC2)c1)C1CC1. The monoisotopic (exact) mass is 323 g/mol.